The van der Waals surface area contributed by atoms with E-state index in [-0.39, 0.29) is 30.9 Å². The van der Waals surface area contributed by atoms with Crippen LogP contribution < -0.4 is 20.0 Å². The summed E-state index contributed by atoms with van der Waals surface area (Å²) >= 11 is 0. The summed E-state index contributed by atoms with van der Waals surface area (Å²) in [5.41, 5.74) is 2.03. The average Bonchev–Trinajstić information content (AvgIpc) is 3.35. The van der Waals surface area contributed by atoms with Crippen molar-refractivity contribution < 1.29 is 28.4 Å². The summed E-state index contributed by atoms with van der Waals surface area (Å²) in [7, 11) is 0. The number of aliphatic carboxylic acids is 1. The minimum absolute atomic E-state index is 0.0172. The van der Waals surface area contributed by atoms with Crippen LogP contribution in [0.4, 0.5) is 0 Å². The zero-order valence-electron chi connectivity index (χ0n) is 19.1. The molecule has 180 valence electrons. The number of aromatic amines is 1. The zero-order valence-corrected chi connectivity index (χ0v) is 19.1. The van der Waals surface area contributed by atoms with Gasteiger partial charge in [-0.15, -0.1) is 5.10 Å². The van der Waals surface area contributed by atoms with Crippen molar-refractivity contribution in [1.29, 1.82) is 0 Å². The molecule has 1 amide bonds. The molecule has 2 aromatic carbocycles. The van der Waals surface area contributed by atoms with Gasteiger partial charge in [0.15, 0.2) is 6.61 Å². The molecule has 0 spiro atoms. The number of H-pyrrole nitrogens is 1. The quantitative estimate of drug-likeness (QED) is 0.235. The fourth-order valence-corrected chi connectivity index (χ4v) is 3.67. The van der Waals surface area contributed by atoms with Gasteiger partial charge < -0.3 is 19.6 Å². The lowest BCUT2D eigenvalue weighted by Crippen LogP contribution is -2.32. The van der Waals surface area contributed by atoms with Crippen LogP contribution in [0.5, 0.6) is 5.75 Å². The molecule has 3 N–H and O–H groups in total. The van der Waals surface area contributed by atoms with Gasteiger partial charge in [-0.25, -0.2) is 0 Å². The van der Waals surface area contributed by atoms with Crippen LogP contribution in [0.25, 0.3) is 28.0 Å². The van der Waals surface area contributed by atoms with Crippen LogP contribution in [-0.2, 0) is 16.0 Å². The van der Waals surface area contributed by atoms with Crippen LogP contribution in [0.2, 0.25) is 0 Å². The highest BCUT2D eigenvalue weighted by molar-refractivity contribution is 5.83. The van der Waals surface area contributed by atoms with Crippen molar-refractivity contribution in [2.75, 3.05) is 13.2 Å². The van der Waals surface area contributed by atoms with Crippen molar-refractivity contribution in [1.82, 2.24) is 15.5 Å². The molecular weight excluding hydrogens is 452 g/mol. The van der Waals surface area contributed by atoms with Gasteiger partial charge in [0.25, 0.3) is 18.1 Å². The molecule has 2 heterocycles. The number of fused-ring (bicyclic) bond motifs is 1. The van der Waals surface area contributed by atoms with E-state index in [1.807, 2.05) is 37.3 Å². The van der Waals surface area contributed by atoms with E-state index in [0.29, 0.717) is 40.9 Å². The third-order valence-corrected chi connectivity index (χ3v) is 5.46. The highest BCUT2D eigenvalue weighted by Gasteiger charge is 2.21. The summed E-state index contributed by atoms with van der Waals surface area (Å²) in [6.07, 6.45) is 3.86. The van der Waals surface area contributed by atoms with Gasteiger partial charge in [-0.2, -0.15) is 4.57 Å². The van der Waals surface area contributed by atoms with E-state index < -0.39 is 5.97 Å². The Bertz CT molecular complexity index is 1410. The first-order valence-electron chi connectivity index (χ1n) is 11.2. The lowest BCUT2D eigenvalue weighted by atomic mass is 10.1. The number of nitrogens with one attached hydrogen (secondary N) is 2. The Morgan fingerprint density at radius 2 is 2.03 bits per heavy atom. The molecule has 0 radical (unpaired) electrons. The number of carboxylic acid groups (broad SMARTS) is 1. The molecule has 0 atom stereocenters. The van der Waals surface area contributed by atoms with Crippen LogP contribution in [0.15, 0.2) is 64.3 Å². The first kappa shape index (κ1) is 23.7. The molecule has 2 aromatic heterocycles. The summed E-state index contributed by atoms with van der Waals surface area (Å²) in [4.78, 5) is 36.0. The maximum atomic E-state index is 13.4. The van der Waals surface area contributed by atoms with Crippen molar-refractivity contribution in [3.05, 3.63) is 70.8 Å². The van der Waals surface area contributed by atoms with Gasteiger partial charge in [0.2, 0.25) is 5.43 Å². The van der Waals surface area contributed by atoms with Crippen LogP contribution in [0, 0.1) is 0 Å². The standard InChI is InChI=1S/C25H24N4O6/c1-2-16-11-18-21(12-20(16)35-14-22(30)26-10-6-9-23(31)32)34-13-19(24(18)33)25-28-27-15-29(25)17-7-4-3-5-8-17/h3-5,7-8,11-13,15H,2,6,9-10,14H2,1H3,(H2,26,30,31,32)/p+1. The molecule has 0 aliphatic rings. The van der Waals surface area contributed by atoms with Crippen LogP contribution in [0.1, 0.15) is 25.3 Å². The number of carbonyl (C=O) groups excluding carboxylic acids is 1. The number of hydrogen-bond donors (Lipinski definition) is 3. The highest BCUT2D eigenvalue weighted by Crippen LogP contribution is 2.26. The van der Waals surface area contributed by atoms with Crippen molar-refractivity contribution in [2.45, 2.75) is 26.2 Å². The van der Waals surface area contributed by atoms with E-state index >= 15 is 0 Å². The van der Waals surface area contributed by atoms with Gasteiger partial charge in [0, 0.05) is 24.1 Å². The van der Waals surface area contributed by atoms with Crippen molar-refractivity contribution in [3.63, 3.8) is 0 Å². The van der Waals surface area contributed by atoms with Crippen molar-refractivity contribution >= 4 is 22.8 Å². The average molecular weight is 477 g/mol. The molecule has 0 aliphatic carbocycles. The van der Waals surface area contributed by atoms with Crippen LogP contribution >= 0.6 is 0 Å². The lowest BCUT2D eigenvalue weighted by Gasteiger charge is -2.12. The molecule has 10 heteroatoms. The summed E-state index contributed by atoms with van der Waals surface area (Å²) < 4.78 is 13.2. The number of aromatic nitrogens is 3. The second-order valence-corrected chi connectivity index (χ2v) is 7.83. The van der Waals surface area contributed by atoms with Gasteiger partial charge in [-0.05, 0) is 36.6 Å². The number of aryl methyl sites for hydroxylation is 1. The Morgan fingerprint density at radius 3 is 2.77 bits per heavy atom. The zero-order chi connectivity index (χ0) is 24.8. The molecule has 10 nitrogen and oxygen atoms in total. The molecule has 0 bridgehead atoms. The molecule has 0 saturated heterocycles. The van der Waals surface area contributed by atoms with E-state index in [1.165, 1.54) is 6.26 Å². The van der Waals surface area contributed by atoms with Crippen LogP contribution in [-0.4, -0.2) is 40.3 Å². The van der Waals surface area contributed by atoms with Gasteiger partial charge in [-0.1, -0.05) is 25.1 Å². The number of para-hydroxylation sites is 1. The predicted octanol–water partition coefficient (Wildman–Crippen LogP) is 2.38. The molecule has 35 heavy (non-hydrogen) atoms. The maximum absolute atomic E-state index is 13.4. The molecule has 4 aromatic rings. The first-order chi connectivity index (χ1) is 17.0. The molecule has 0 unspecified atom stereocenters. The first-order valence-corrected chi connectivity index (χ1v) is 11.2. The van der Waals surface area contributed by atoms with E-state index in [1.54, 1.807) is 23.0 Å². The molecule has 0 fully saturated rings. The predicted molar refractivity (Wildman–Crippen MR) is 126 cm³/mol. The van der Waals surface area contributed by atoms with E-state index in [2.05, 4.69) is 15.5 Å². The summed E-state index contributed by atoms with van der Waals surface area (Å²) in [5.74, 6) is -0.340. The molecule has 0 saturated carbocycles. The second kappa shape index (κ2) is 10.6. The lowest BCUT2D eigenvalue weighted by molar-refractivity contribution is -0.584. The summed E-state index contributed by atoms with van der Waals surface area (Å²) in [5, 5.41) is 18.6. The molecular formula is C25H25N4O6+. The number of rotatable bonds is 10. The minimum Gasteiger partial charge on any atom is -0.483 e. The Balaban J connectivity index is 1.57. The Hall–Kier alpha value is -4.47. The Kier molecular flexibility index (Phi) is 7.20. The Labute approximate surface area is 200 Å². The minimum atomic E-state index is -0.911. The second-order valence-electron chi connectivity index (χ2n) is 7.83. The third kappa shape index (κ3) is 5.37. The van der Waals surface area contributed by atoms with Crippen LogP contribution in [0.3, 0.4) is 0 Å². The van der Waals surface area contributed by atoms with Gasteiger partial charge in [-0.3, -0.25) is 14.4 Å². The summed E-state index contributed by atoms with van der Waals surface area (Å²) in [6, 6.07) is 12.8. The highest BCUT2D eigenvalue weighted by atomic mass is 16.5. The summed E-state index contributed by atoms with van der Waals surface area (Å²) in [6.45, 7) is 1.93. The van der Waals surface area contributed by atoms with E-state index in [4.69, 9.17) is 14.3 Å². The monoisotopic (exact) mass is 477 g/mol. The SMILES string of the molecule is CCc1cc2c(=O)c(-c3[nH]nc[n+]3-c3ccccc3)coc2cc1OCC(=O)NCCCC(=O)O. The number of ether oxygens (including phenoxy) is 1. The number of carbonyl (C=O) groups is 2. The topological polar surface area (TPSA) is 138 Å². The third-order valence-electron chi connectivity index (χ3n) is 5.46. The van der Waals surface area contributed by atoms with Gasteiger partial charge in [0.05, 0.1) is 5.39 Å². The Morgan fingerprint density at radius 1 is 1.23 bits per heavy atom. The largest absolute Gasteiger partial charge is 0.483 e. The number of carboxylic acids is 1. The molecule has 4 rings (SSSR count). The van der Waals surface area contributed by atoms with Gasteiger partial charge >= 0.3 is 5.97 Å². The fraction of sp³-hybridized carbons (Fsp3) is 0.240. The maximum Gasteiger partial charge on any atom is 0.303 e. The van der Waals surface area contributed by atoms with Gasteiger partial charge in [0.1, 0.15) is 28.8 Å². The van der Waals surface area contributed by atoms with E-state index in [9.17, 15) is 14.4 Å². The van der Waals surface area contributed by atoms with E-state index in [0.717, 1.165) is 11.3 Å². The number of amides is 1. The smallest absolute Gasteiger partial charge is 0.303 e. The van der Waals surface area contributed by atoms with Crippen molar-refractivity contribution in [2.24, 2.45) is 0 Å². The normalized spacial score (nSPS) is 10.9. The molecule has 0 aliphatic heterocycles. The number of benzene rings is 2. The van der Waals surface area contributed by atoms with Crippen molar-refractivity contribution in [3.8, 4) is 22.8 Å². The number of nitrogens with zero attached hydrogens (tertiary/aromatic N) is 2. The fourth-order valence-electron chi connectivity index (χ4n) is 3.67. The number of hydrogen-bond acceptors (Lipinski definition) is 6.